The van der Waals surface area contributed by atoms with Crippen LogP contribution in [-0.2, 0) is 9.53 Å². The first-order valence-corrected chi connectivity index (χ1v) is 13.3. The van der Waals surface area contributed by atoms with E-state index >= 15 is 0 Å². The molecular weight excluding hydrogens is 552 g/mol. The number of carbonyl (C=O) groups is 1. The third-order valence-corrected chi connectivity index (χ3v) is 7.44. The van der Waals surface area contributed by atoms with Gasteiger partial charge in [-0.05, 0) is 36.8 Å². The fourth-order valence-electron chi connectivity index (χ4n) is 4.35. The summed E-state index contributed by atoms with van der Waals surface area (Å²) >= 11 is 4.77. The molecule has 0 unspecified atom stereocenters. The van der Waals surface area contributed by atoms with Crippen LogP contribution in [0.25, 0.3) is 11.8 Å². The van der Waals surface area contributed by atoms with E-state index in [1.165, 1.54) is 11.3 Å². The van der Waals surface area contributed by atoms with E-state index in [0.29, 0.717) is 26.4 Å². The summed E-state index contributed by atoms with van der Waals surface area (Å²) in [5.74, 6) is 0.146. The summed E-state index contributed by atoms with van der Waals surface area (Å²) in [6, 6.07) is 23.9. The van der Waals surface area contributed by atoms with Crippen molar-refractivity contribution in [3.8, 4) is 5.75 Å². The van der Waals surface area contributed by atoms with Crippen molar-refractivity contribution >= 4 is 45.0 Å². The molecule has 5 rings (SSSR count). The van der Waals surface area contributed by atoms with Crippen LogP contribution < -0.4 is 19.6 Å². The number of esters is 1. The summed E-state index contributed by atoms with van der Waals surface area (Å²) in [7, 11) is 1.59. The third kappa shape index (κ3) is 4.82. The smallest absolute Gasteiger partial charge is 0.338 e. The number of nitrogens with zero attached hydrogens (tertiary/aromatic N) is 2. The SMILES string of the molecule is CCOC(=O)C1=C(c2ccccc2)N=c2s/c(=C\c3cc(Br)ccc3OC)c(=O)n2[C@@H]1c1ccccc1. The number of thiazole rings is 1. The first kappa shape index (κ1) is 24.9. The maximum atomic E-state index is 13.9. The predicted octanol–water partition coefficient (Wildman–Crippen LogP) is 4.71. The second kappa shape index (κ2) is 10.7. The van der Waals surface area contributed by atoms with Gasteiger partial charge in [0.15, 0.2) is 4.80 Å². The van der Waals surface area contributed by atoms with Crippen LogP contribution in [0.3, 0.4) is 0 Å². The standard InChI is InChI=1S/C29H23BrN2O4S/c1-3-36-28(34)24-25(18-10-6-4-7-11-18)31-29-32(26(24)19-12-8-5-9-13-19)27(33)23(37-29)17-20-16-21(30)14-15-22(20)35-2/h4-17,26H,3H2,1-2H3/b23-17-/t26-/m1/s1. The number of carbonyl (C=O) groups excluding carboxylic acids is 1. The molecule has 4 aromatic rings. The highest BCUT2D eigenvalue weighted by atomic mass is 79.9. The van der Waals surface area contributed by atoms with E-state index < -0.39 is 12.0 Å². The lowest BCUT2D eigenvalue weighted by Gasteiger charge is -2.25. The molecular formula is C29H23BrN2O4S. The number of benzene rings is 3. The molecule has 0 N–H and O–H groups in total. The lowest BCUT2D eigenvalue weighted by Crippen LogP contribution is -2.40. The number of fused-ring (bicyclic) bond motifs is 1. The molecule has 186 valence electrons. The van der Waals surface area contributed by atoms with Crippen LogP contribution in [0.1, 0.15) is 29.7 Å². The van der Waals surface area contributed by atoms with Gasteiger partial charge in [-0.2, -0.15) is 0 Å². The second-order valence-electron chi connectivity index (χ2n) is 8.23. The van der Waals surface area contributed by atoms with Crippen LogP contribution in [0.5, 0.6) is 5.75 Å². The highest BCUT2D eigenvalue weighted by Gasteiger charge is 2.35. The molecule has 1 aliphatic rings. The van der Waals surface area contributed by atoms with E-state index in [4.69, 9.17) is 14.5 Å². The number of hydrogen-bond acceptors (Lipinski definition) is 6. The van der Waals surface area contributed by atoms with Gasteiger partial charge in [-0.1, -0.05) is 87.9 Å². The van der Waals surface area contributed by atoms with Crippen LogP contribution in [-0.4, -0.2) is 24.3 Å². The molecule has 6 nitrogen and oxygen atoms in total. The summed E-state index contributed by atoms with van der Waals surface area (Å²) in [6.07, 6.45) is 1.80. The minimum Gasteiger partial charge on any atom is -0.496 e. The summed E-state index contributed by atoms with van der Waals surface area (Å²) in [5, 5.41) is 0. The number of halogens is 1. The van der Waals surface area contributed by atoms with E-state index in [1.54, 1.807) is 24.7 Å². The number of methoxy groups -OCH3 is 1. The number of ether oxygens (including phenoxy) is 2. The Balaban J connectivity index is 1.83. The van der Waals surface area contributed by atoms with Gasteiger partial charge in [-0.25, -0.2) is 9.79 Å². The zero-order valence-electron chi connectivity index (χ0n) is 20.2. The van der Waals surface area contributed by atoms with Crippen LogP contribution in [0.4, 0.5) is 0 Å². The zero-order valence-corrected chi connectivity index (χ0v) is 22.6. The molecule has 2 heterocycles. The lowest BCUT2D eigenvalue weighted by molar-refractivity contribution is -0.138. The van der Waals surface area contributed by atoms with Crippen molar-refractivity contribution in [2.45, 2.75) is 13.0 Å². The van der Waals surface area contributed by atoms with Crippen LogP contribution in [0.2, 0.25) is 0 Å². The van der Waals surface area contributed by atoms with Gasteiger partial charge in [-0.3, -0.25) is 9.36 Å². The van der Waals surface area contributed by atoms with E-state index in [0.717, 1.165) is 21.2 Å². The number of rotatable bonds is 6. The molecule has 0 fully saturated rings. The van der Waals surface area contributed by atoms with E-state index in [1.807, 2.05) is 78.9 Å². The number of hydrogen-bond donors (Lipinski definition) is 0. The molecule has 1 atom stereocenters. The highest BCUT2D eigenvalue weighted by molar-refractivity contribution is 9.10. The lowest BCUT2D eigenvalue weighted by atomic mass is 9.93. The first-order chi connectivity index (χ1) is 18.0. The van der Waals surface area contributed by atoms with E-state index in [9.17, 15) is 9.59 Å². The van der Waals surface area contributed by atoms with E-state index in [-0.39, 0.29) is 12.2 Å². The zero-order chi connectivity index (χ0) is 25.9. The van der Waals surface area contributed by atoms with Crippen molar-refractivity contribution in [1.29, 1.82) is 0 Å². The fraction of sp³-hybridized carbons (Fsp3) is 0.138. The van der Waals surface area contributed by atoms with Gasteiger partial charge < -0.3 is 9.47 Å². The van der Waals surface area contributed by atoms with Gasteiger partial charge in [0.25, 0.3) is 5.56 Å². The first-order valence-electron chi connectivity index (χ1n) is 11.7. The quantitative estimate of drug-likeness (QED) is 0.313. The highest BCUT2D eigenvalue weighted by Crippen LogP contribution is 2.35. The van der Waals surface area contributed by atoms with Gasteiger partial charge in [0.1, 0.15) is 5.75 Å². The Labute approximate surface area is 226 Å². The largest absolute Gasteiger partial charge is 0.496 e. The Bertz CT molecular complexity index is 1670. The van der Waals surface area contributed by atoms with Crippen molar-refractivity contribution in [1.82, 2.24) is 4.57 Å². The van der Waals surface area contributed by atoms with E-state index in [2.05, 4.69) is 15.9 Å². The summed E-state index contributed by atoms with van der Waals surface area (Å²) in [4.78, 5) is 32.7. The molecule has 0 bridgehead atoms. The Morgan fingerprint density at radius 3 is 2.46 bits per heavy atom. The minimum absolute atomic E-state index is 0.207. The minimum atomic E-state index is -0.696. The van der Waals surface area contributed by atoms with Gasteiger partial charge in [-0.15, -0.1) is 0 Å². The van der Waals surface area contributed by atoms with Crippen molar-refractivity contribution in [3.05, 3.63) is 125 Å². The Hall–Kier alpha value is -3.75. The molecule has 0 saturated carbocycles. The molecule has 8 heteroatoms. The molecule has 0 spiro atoms. The van der Waals surface area contributed by atoms with Gasteiger partial charge in [0.05, 0.1) is 35.6 Å². The van der Waals surface area contributed by atoms with Crippen LogP contribution >= 0.6 is 27.3 Å². The molecule has 1 aliphatic heterocycles. The van der Waals surface area contributed by atoms with Crippen molar-refractivity contribution in [3.63, 3.8) is 0 Å². The molecule has 0 aliphatic carbocycles. The maximum Gasteiger partial charge on any atom is 0.338 e. The monoisotopic (exact) mass is 574 g/mol. The third-order valence-electron chi connectivity index (χ3n) is 5.97. The average Bonchev–Trinajstić information content (AvgIpc) is 3.23. The predicted molar refractivity (Wildman–Crippen MR) is 148 cm³/mol. The fourth-order valence-corrected chi connectivity index (χ4v) is 5.72. The Morgan fingerprint density at radius 2 is 1.78 bits per heavy atom. The second-order valence-corrected chi connectivity index (χ2v) is 10.2. The van der Waals surface area contributed by atoms with Crippen molar-refractivity contribution in [2.24, 2.45) is 4.99 Å². The molecule has 0 saturated heterocycles. The van der Waals surface area contributed by atoms with Crippen molar-refractivity contribution in [2.75, 3.05) is 13.7 Å². The normalized spacial score (nSPS) is 15.2. The molecule has 1 aromatic heterocycles. The van der Waals surface area contributed by atoms with Gasteiger partial charge in [0.2, 0.25) is 0 Å². The summed E-state index contributed by atoms with van der Waals surface area (Å²) in [5.41, 5.74) is 2.92. The molecule has 0 radical (unpaired) electrons. The van der Waals surface area contributed by atoms with Crippen molar-refractivity contribution < 1.29 is 14.3 Å². The van der Waals surface area contributed by atoms with Gasteiger partial charge >= 0.3 is 5.97 Å². The van der Waals surface area contributed by atoms with Gasteiger partial charge in [0, 0.05) is 15.6 Å². The number of aromatic nitrogens is 1. The summed E-state index contributed by atoms with van der Waals surface area (Å²) in [6.45, 7) is 1.97. The Morgan fingerprint density at radius 1 is 1.08 bits per heavy atom. The summed E-state index contributed by atoms with van der Waals surface area (Å²) < 4.78 is 13.9. The maximum absolute atomic E-state index is 13.9. The molecule has 37 heavy (non-hydrogen) atoms. The Kier molecular flexibility index (Phi) is 7.21. The molecule has 0 amide bonds. The van der Waals surface area contributed by atoms with Crippen LogP contribution in [0, 0.1) is 0 Å². The average molecular weight is 575 g/mol. The topological polar surface area (TPSA) is 69.9 Å². The van der Waals surface area contributed by atoms with Crippen LogP contribution in [0.15, 0.2) is 98.7 Å². The molecule has 3 aromatic carbocycles.